The van der Waals surface area contributed by atoms with E-state index in [1.54, 1.807) is 6.20 Å². The molecule has 2 nitrogen and oxygen atoms in total. The highest BCUT2D eigenvalue weighted by atomic mass is 79.9. The standard InChI is InChI=1S/C10H5Br2Cl2FN2S/c11-5-1-6(15)8(13)7(12)9(5)16-2-4-3-17-10(14)18-4/h1,3,16H,2H2. The molecule has 0 fully saturated rings. The summed E-state index contributed by atoms with van der Waals surface area (Å²) >= 11 is 19.5. The molecule has 0 radical (unpaired) electrons. The van der Waals surface area contributed by atoms with E-state index in [9.17, 15) is 4.39 Å². The number of halogens is 5. The number of anilines is 1. The molecule has 0 bridgehead atoms. The third-order valence-electron chi connectivity index (χ3n) is 2.08. The normalized spacial score (nSPS) is 10.7. The Morgan fingerprint density at radius 3 is 2.72 bits per heavy atom. The van der Waals surface area contributed by atoms with Crippen LogP contribution in [-0.4, -0.2) is 4.98 Å². The van der Waals surface area contributed by atoms with Crippen molar-refractivity contribution in [1.29, 1.82) is 0 Å². The average Bonchev–Trinajstić information content (AvgIpc) is 2.72. The minimum atomic E-state index is -0.484. The van der Waals surface area contributed by atoms with Crippen molar-refractivity contribution in [3.8, 4) is 0 Å². The summed E-state index contributed by atoms with van der Waals surface area (Å²) in [6, 6.07) is 1.31. The number of hydrogen-bond acceptors (Lipinski definition) is 3. The molecule has 18 heavy (non-hydrogen) atoms. The summed E-state index contributed by atoms with van der Waals surface area (Å²) in [5.41, 5.74) is 0.686. The van der Waals surface area contributed by atoms with Crippen LogP contribution in [0, 0.1) is 5.82 Å². The van der Waals surface area contributed by atoms with Crippen molar-refractivity contribution in [2.24, 2.45) is 0 Å². The highest BCUT2D eigenvalue weighted by Crippen LogP contribution is 2.38. The molecule has 2 rings (SSSR count). The summed E-state index contributed by atoms with van der Waals surface area (Å²) in [6.45, 7) is 0.531. The summed E-state index contributed by atoms with van der Waals surface area (Å²) in [6.07, 6.45) is 1.69. The maximum Gasteiger partial charge on any atom is 0.183 e. The van der Waals surface area contributed by atoms with Gasteiger partial charge in [-0.25, -0.2) is 9.37 Å². The van der Waals surface area contributed by atoms with Gasteiger partial charge in [0.1, 0.15) is 5.82 Å². The van der Waals surface area contributed by atoms with Crippen molar-refractivity contribution in [2.45, 2.75) is 6.54 Å². The van der Waals surface area contributed by atoms with Crippen LogP contribution >= 0.6 is 66.4 Å². The zero-order valence-electron chi connectivity index (χ0n) is 8.61. The lowest BCUT2D eigenvalue weighted by Crippen LogP contribution is -2.00. The van der Waals surface area contributed by atoms with Crippen molar-refractivity contribution in [3.05, 3.63) is 41.4 Å². The van der Waals surface area contributed by atoms with E-state index in [1.807, 2.05) is 0 Å². The van der Waals surface area contributed by atoms with E-state index >= 15 is 0 Å². The van der Waals surface area contributed by atoms with Crippen LogP contribution in [0.3, 0.4) is 0 Å². The molecule has 1 aromatic heterocycles. The Kier molecular flexibility index (Phi) is 4.88. The molecule has 1 heterocycles. The van der Waals surface area contributed by atoms with Crippen LogP contribution < -0.4 is 5.32 Å². The van der Waals surface area contributed by atoms with Gasteiger partial charge in [-0.1, -0.05) is 23.2 Å². The number of rotatable bonds is 3. The molecule has 0 saturated heterocycles. The smallest absolute Gasteiger partial charge is 0.183 e. The van der Waals surface area contributed by atoms with Crippen LogP contribution in [0.15, 0.2) is 21.2 Å². The molecule has 0 atom stereocenters. The third kappa shape index (κ3) is 3.17. The monoisotopic (exact) mass is 432 g/mol. The fourth-order valence-corrected chi connectivity index (χ4v) is 3.68. The van der Waals surface area contributed by atoms with Crippen LogP contribution in [0.4, 0.5) is 10.1 Å². The minimum Gasteiger partial charge on any atom is -0.378 e. The molecule has 8 heteroatoms. The quantitative estimate of drug-likeness (QED) is 0.493. The second-order valence-corrected chi connectivity index (χ2v) is 7.00. The predicted molar refractivity (Wildman–Crippen MR) is 81.3 cm³/mol. The molecule has 0 aliphatic rings. The molecule has 0 spiro atoms. The van der Waals surface area contributed by atoms with E-state index in [2.05, 4.69) is 42.2 Å². The van der Waals surface area contributed by atoms with Gasteiger partial charge in [0.2, 0.25) is 0 Å². The van der Waals surface area contributed by atoms with Crippen LogP contribution in [0.25, 0.3) is 0 Å². The van der Waals surface area contributed by atoms with Gasteiger partial charge >= 0.3 is 0 Å². The van der Waals surface area contributed by atoms with Crippen LogP contribution in [-0.2, 0) is 6.54 Å². The predicted octanol–water partition coefficient (Wildman–Crippen LogP) is 5.73. The summed E-state index contributed by atoms with van der Waals surface area (Å²) in [4.78, 5) is 4.91. The highest BCUT2D eigenvalue weighted by molar-refractivity contribution is 9.11. The lowest BCUT2D eigenvalue weighted by Gasteiger charge is -2.11. The molecule has 96 valence electrons. The Morgan fingerprint density at radius 1 is 1.39 bits per heavy atom. The second kappa shape index (κ2) is 6.05. The van der Waals surface area contributed by atoms with Crippen molar-refractivity contribution >= 4 is 72.1 Å². The maximum atomic E-state index is 13.3. The van der Waals surface area contributed by atoms with Crippen molar-refractivity contribution in [2.75, 3.05) is 5.32 Å². The zero-order chi connectivity index (χ0) is 13.3. The largest absolute Gasteiger partial charge is 0.378 e. The molecule has 1 aromatic carbocycles. The van der Waals surface area contributed by atoms with Gasteiger partial charge in [-0.2, -0.15) is 0 Å². The molecule has 0 aliphatic heterocycles. The Labute approximate surface area is 134 Å². The van der Waals surface area contributed by atoms with Crippen LogP contribution in [0.1, 0.15) is 4.88 Å². The van der Waals surface area contributed by atoms with Gasteiger partial charge in [0.15, 0.2) is 4.47 Å². The Bertz CT molecular complexity index is 591. The molecule has 0 amide bonds. The summed E-state index contributed by atoms with van der Waals surface area (Å²) in [7, 11) is 0. The summed E-state index contributed by atoms with van der Waals surface area (Å²) in [5.74, 6) is -0.484. The van der Waals surface area contributed by atoms with E-state index in [1.165, 1.54) is 17.4 Å². The number of thiazole rings is 1. The van der Waals surface area contributed by atoms with Crippen molar-refractivity contribution in [3.63, 3.8) is 0 Å². The van der Waals surface area contributed by atoms with E-state index in [0.29, 0.717) is 25.6 Å². The van der Waals surface area contributed by atoms with Gasteiger partial charge in [0.05, 0.1) is 21.7 Å². The lowest BCUT2D eigenvalue weighted by molar-refractivity contribution is 0.626. The topological polar surface area (TPSA) is 24.9 Å². The van der Waals surface area contributed by atoms with Gasteiger partial charge in [-0.3, -0.25) is 0 Å². The lowest BCUT2D eigenvalue weighted by atomic mass is 10.3. The summed E-state index contributed by atoms with van der Waals surface area (Å²) < 4.78 is 14.9. The van der Waals surface area contributed by atoms with Crippen molar-refractivity contribution in [1.82, 2.24) is 4.98 Å². The molecule has 1 N–H and O–H groups in total. The van der Waals surface area contributed by atoms with Gasteiger partial charge in [-0.15, -0.1) is 11.3 Å². The van der Waals surface area contributed by atoms with Crippen LogP contribution in [0.2, 0.25) is 9.49 Å². The first kappa shape index (κ1) is 14.5. The number of hydrogen-bond donors (Lipinski definition) is 1. The van der Waals surface area contributed by atoms with Crippen molar-refractivity contribution < 1.29 is 4.39 Å². The number of nitrogens with one attached hydrogen (secondary N) is 1. The minimum absolute atomic E-state index is 0.0445. The Morgan fingerprint density at radius 2 is 2.11 bits per heavy atom. The third-order valence-corrected chi connectivity index (χ3v) is 5.21. The number of benzene rings is 1. The van der Waals surface area contributed by atoms with E-state index < -0.39 is 5.82 Å². The molecule has 0 saturated carbocycles. The highest BCUT2D eigenvalue weighted by Gasteiger charge is 2.14. The van der Waals surface area contributed by atoms with E-state index in [4.69, 9.17) is 23.2 Å². The molecule has 0 unspecified atom stereocenters. The average molecular weight is 435 g/mol. The van der Waals surface area contributed by atoms with Crippen LogP contribution in [0.5, 0.6) is 0 Å². The van der Waals surface area contributed by atoms with Gasteiger partial charge in [-0.05, 0) is 37.9 Å². The molecule has 2 aromatic rings. The number of aromatic nitrogens is 1. The first-order chi connectivity index (χ1) is 8.49. The molecular weight excluding hydrogens is 430 g/mol. The molecule has 0 aliphatic carbocycles. The first-order valence-corrected chi connectivity index (χ1v) is 7.82. The van der Waals surface area contributed by atoms with E-state index in [-0.39, 0.29) is 5.02 Å². The Hall–Kier alpha value is 0.120. The van der Waals surface area contributed by atoms with Gasteiger partial charge in [0, 0.05) is 15.5 Å². The Balaban J connectivity index is 2.22. The summed E-state index contributed by atoms with van der Waals surface area (Å²) in [5, 5.41) is 3.19. The van der Waals surface area contributed by atoms with Gasteiger partial charge < -0.3 is 5.32 Å². The zero-order valence-corrected chi connectivity index (χ0v) is 14.1. The second-order valence-electron chi connectivity index (χ2n) is 3.28. The first-order valence-electron chi connectivity index (χ1n) is 4.66. The molecular formula is C10H5Br2Cl2FN2S. The SMILES string of the molecule is Fc1cc(Br)c(NCc2cnc(Cl)s2)c(Br)c1Cl. The van der Waals surface area contributed by atoms with Gasteiger partial charge in [0.25, 0.3) is 0 Å². The number of nitrogens with zero attached hydrogens (tertiary/aromatic N) is 1. The fraction of sp³-hybridized carbons (Fsp3) is 0.100. The fourth-order valence-electron chi connectivity index (χ4n) is 1.27. The maximum absolute atomic E-state index is 13.3. The van der Waals surface area contributed by atoms with E-state index in [0.717, 1.165) is 4.88 Å².